The summed E-state index contributed by atoms with van der Waals surface area (Å²) in [6.45, 7) is 4.90. The van der Waals surface area contributed by atoms with Gasteiger partial charge in [-0.25, -0.2) is 9.97 Å². The number of nitrogens with zero attached hydrogens (tertiary/aromatic N) is 2. The van der Waals surface area contributed by atoms with Crippen LogP contribution in [0.5, 0.6) is 11.5 Å². The lowest BCUT2D eigenvalue weighted by Crippen LogP contribution is -2.17. The van der Waals surface area contributed by atoms with Gasteiger partial charge in [0.1, 0.15) is 35.9 Å². The minimum absolute atomic E-state index is 0.279. The Morgan fingerprint density at radius 2 is 1.76 bits per heavy atom. The van der Waals surface area contributed by atoms with E-state index in [1.54, 1.807) is 13.2 Å². The zero-order valence-corrected chi connectivity index (χ0v) is 16.7. The zero-order chi connectivity index (χ0) is 20.6. The number of aryl methyl sites for hydroxylation is 2. The molecule has 150 valence electrons. The number of ether oxygens (including phenoxy) is 2. The fraction of sp³-hybridized carbons (Fsp3) is 0.227. The molecule has 0 atom stereocenters. The summed E-state index contributed by atoms with van der Waals surface area (Å²) < 4.78 is 10.8. The van der Waals surface area contributed by atoms with Crippen LogP contribution in [0, 0.1) is 13.8 Å². The van der Waals surface area contributed by atoms with Gasteiger partial charge < -0.3 is 20.1 Å². The van der Waals surface area contributed by atoms with Gasteiger partial charge in [-0.2, -0.15) is 0 Å². The van der Waals surface area contributed by atoms with Crippen molar-refractivity contribution < 1.29 is 14.3 Å². The zero-order valence-electron chi connectivity index (χ0n) is 16.7. The van der Waals surface area contributed by atoms with E-state index in [1.165, 1.54) is 6.33 Å². The molecule has 1 amide bonds. The quantitative estimate of drug-likeness (QED) is 0.567. The molecule has 0 spiro atoms. The molecule has 7 nitrogen and oxygen atoms in total. The van der Waals surface area contributed by atoms with E-state index in [2.05, 4.69) is 20.6 Å². The second-order valence-electron chi connectivity index (χ2n) is 6.51. The van der Waals surface area contributed by atoms with Gasteiger partial charge in [-0.3, -0.25) is 4.79 Å². The van der Waals surface area contributed by atoms with Crippen LogP contribution in [-0.4, -0.2) is 36.1 Å². The van der Waals surface area contributed by atoms with Crippen LogP contribution >= 0.6 is 0 Å². The third-order valence-corrected chi connectivity index (χ3v) is 4.28. The molecule has 0 aliphatic heterocycles. The maximum atomic E-state index is 12.5. The Morgan fingerprint density at radius 3 is 2.52 bits per heavy atom. The van der Waals surface area contributed by atoms with Crippen LogP contribution in [0.1, 0.15) is 21.6 Å². The standard InChI is InChI=1S/C22H24N4O3/c1-15-4-5-16(2)19(12-15)26-22(27)20-13-21(25-14-24-20)23-10-11-29-18-8-6-17(28-3)7-9-18/h4-9,12-14H,10-11H2,1-3H3,(H,26,27)(H,23,24,25). The lowest BCUT2D eigenvalue weighted by Gasteiger charge is -2.11. The summed E-state index contributed by atoms with van der Waals surface area (Å²) in [4.78, 5) is 20.8. The molecule has 2 aromatic carbocycles. The van der Waals surface area contributed by atoms with Crippen molar-refractivity contribution in [2.24, 2.45) is 0 Å². The van der Waals surface area contributed by atoms with Gasteiger partial charge in [-0.1, -0.05) is 12.1 Å². The van der Waals surface area contributed by atoms with Crippen molar-refractivity contribution in [1.82, 2.24) is 9.97 Å². The molecule has 3 rings (SSSR count). The largest absolute Gasteiger partial charge is 0.497 e. The number of carbonyl (C=O) groups excluding carboxylic acids is 1. The highest BCUT2D eigenvalue weighted by Gasteiger charge is 2.10. The van der Waals surface area contributed by atoms with Gasteiger partial charge in [0.15, 0.2) is 0 Å². The summed E-state index contributed by atoms with van der Waals surface area (Å²) in [7, 11) is 1.62. The van der Waals surface area contributed by atoms with Gasteiger partial charge in [0.25, 0.3) is 5.91 Å². The number of aromatic nitrogens is 2. The molecule has 0 saturated carbocycles. The van der Waals surface area contributed by atoms with Gasteiger partial charge in [-0.15, -0.1) is 0 Å². The Bertz CT molecular complexity index is 974. The van der Waals surface area contributed by atoms with Crippen molar-refractivity contribution in [2.75, 3.05) is 30.9 Å². The molecular weight excluding hydrogens is 368 g/mol. The van der Waals surface area contributed by atoms with Crippen molar-refractivity contribution in [3.8, 4) is 11.5 Å². The number of nitrogens with one attached hydrogen (secondary N) is 2. The molecule has 0 fully saturated rings. The number of amides is 1. The maximum absolute atomic E-state index is 12.5. The van der Waals surface area contributed by atoms with E-state index in [9.17, 15) is 4.79 Å². The summed E-state index contributed by atoms with van der Waals surface area (Å²) in [5.41, 5.74) is 3.13. The summed E-state index contributed by atoms with van der Waals surface area (Å²) in [6, 6.07) is 14.9. The molecule has 0 radical (unpaired) electrons. The number of hydrogen-bond donors (Lipinski definition) is 2. The molecular formula is C22H24N4O3. The van der Waals surface area contributed by atoms with Gasteiger partial charge in [-0.05, 0) is 55.3 Å². The van der Waals surface area contributed by atoms with Crippen LogP contribution in [0.15, 0.2) is 54.9 Å². The van der Waals surface area contributed by atoms with Crippen molar-refractivity contribution >= 4 is 17.4 Å². The van der Waals surface area contributed by atoms with E-state index in [-0.39, 0.29) is 5.91 Å². The van der Waals surface area contributed by atoms with Crippen LogP contribution in [0.2, 0.25) is 0 Å². The number of benzene rings is 2. The summed E-state index contributed by atoms with van der Waals surface area (Å²) in [6.07, 6.45) is 1.37. The number of methoxy groups -OCH3 is 1. The summed E-state index contributed by atoms with van der Waals surface area (Å²) >= 11 is 0. The minimum Gasteiger partial charge on any atom is -0.497 e. The predicted molar refractivity (Wildman–Crippen MR) is 113 cm³/mol. The first kappa shape index (κ1) is 20.1. The molecule has 0 unspecified atom stereocenters. The highest BCUT2D eigenvalue weighted by atomic mass is 16.5. The molecule has 0 aliphatic carbocycles. The molecule has 7 heteroatoms. The first-order chi connectivity index (χ1) is 14.0. The lowest BCUT2D eigenvalue weighted by atomic mass is 10.1. The number of anilines is 2. The van der Waals surface area contributed by atoms with Crippen LogP contribution < -0.4 is 20.1 Å². The fourth-order valence-electron chi connectivity index (χ4n) is 2.65. The number of rotatable bonds is 8. The van der Waals surface area contributed by atoms with E-state index in [4.69, 9.17) is 9.47 Å². The predicted octanol–water partition coefficient (Wildman–Crippen LogP) is 3.85. The van der Waals surface area contributed by atoms with Crippen molar-refractivity contribution in [2.45, 2.75) is 13.8 Å². The van der Waals surface area contributed by atoms with Crippen molar-refractivity contribution in [3.63, 3.8) is 0 Å². The van der Waals surface area contributed by atoms with E-state index in [0.717, 1.165) is 28.3 Å². The first-order valence-electron chi connectivity index (χ1n) is 9.26. The number of carbonyl (C=O) groups is 1. The maximum Gasteiger partial charge on any atom is 0.274 e. The lowest BCUT2D eigenvalue weighted by molar-refractivity contribution is 0.102. The molecule has 1 aromatic heterocycles. The van der Waals surface area contributed by atoms with Crippen LogP contribution in [-0.2, 0) is 0 Å². The van der Waals surface area contributed by atoms with Gasteiger partial charge in [0, 0.05) is 11.8 Å². The van der Waals surface area contributed by atoms with E-state index in [1.807, 2.05) is 56.3 Å². The van der Waals surface area contributed by atoms with Gasteiger partial charge in [0.2, 0.25) is 0 Å². The molecule has 0 bridgehead atoms. The molecule has 1 heterocycles. The third-order valence-electron chi connectivity index (χ3n) is 4.28. The number of hydrogen-bond acceptors (Lipinski definition) is 6. The van der Waals surface area contributed by atoms with Crippen molar-refractivity contribution in [1.29, 1.82) is 0 Å². The summed E-state index contributed by atoms with van der Waals surface area (Å²) in [5.74, 6) is 1.81. The minimum atomic E-state index is -0.279. The summed E-state index contributed by atoms with van der Waals surface area (Å²) in [5, 5.41) is 6.04. The van der Waals surface area contributed by atoms with Crippen LogP contribution in [0.25, 0.3) is 0 Å². The van der Waals surface area contributed by atoms with Crippen molar-refractivity contribution in [3.05, 3.63) is 71.7 Å². The topological polar surface area (TPSA) is 85.4 Å². The van der Waals surface area contributed by atoms with E-state index < -0.39 is 0 Å². The second kappa shape index (κ2) is 9.54. The molecule has 2 N–H and O–H groups in total. The van der Waals surface area contributed by atoms with E-state index >= 15 is 0 Å². The smallest absolute Gasteiger partial charge is 0.274 e. The molecule has 0 saturated heterocycles. The first-order valence-corrected chi connectivity index (χ1v) is 9.26. The Labute approximate surface area is 170 Å². The monoisotopic (exact) mass is 392 g/mol. The normalized spacial score (nSPS) is 10.3. The Hall–Kier alpha value is -3.61. The Balaban J connectivity index is 1.53. The molecule has 29 heavy (non-hydrogen) atoms. The fourth-order valence-corrected chi connectivity index (χ4v) is 2.65. The highest BCUT2D eigenvalue weighted by Crippen LogP contribution is 2.18. The SMILES string of the molecule is COc1ccc(OCCNc2cc(C(=O)Nc3cc(C)ccc3C)ncn2)cc1. The van der Waals surface area contributed by atoms with Crippen LogP contribution in [0.4, 0.5) is 11.5 Å². The highest BCUT2D eigenvalue weighted by molar-refractivity contribution is 6.03. The Kier molecular flexibility index (Phi) is 6.63. The average Bonchev–Trinajstić information content (AvgIpc) is 2.74. The Morgan fingerprint density at radius 1 is 1.00 bits per heavy atom. The molecule has 0 aliphatic rings. The van der Waals surface area contributed by atoms with Gasteiger partial charge >= 0.3 is 0 Å². The third kappa shape index (κ3) is 5.68. The van der Waals surface area contributed by atoms with E-state index in [0.29, 0.717) is 24.7 Å². The molecule has 3 aromatic rings. The average molecular weight is 392 g/mol. The van der Waals surface area contributed by atoms with Gasteiger partial charge in [0.05, 0.1) is 13.7 Å². The van der Waals surface area contributed by atoms with Crippen LogP contribution in [0.3, 0.4) is 0 Å². The second-order valence-corrected chi connectivity index (χ2v) is 6.51.